The van der Waals surface area contributed by atoms with Crippen molar-refractivity contribution in [1.29, 1.82) is 0 Å². The van der Waals surface area contributed by atoms with Crippen molar-refractivity contribution < 1.29 is 9.90 Å². The summed E-state index contributed by atoms with van der Waals surface area (Å²) in [6.07, 6.45) is 0.965. The van der Waals surface area contributed by atoms with E-state index in [0.29, 0.717) is 10.9 Å². The van der Waals surface area contributed by atoms with Crippen molar-refractivity contribution in [3.05, 3.63) is 23.2 Å². The number of hydrogen-bond donors (Lipinski definition) is 1. The third kappa shape index (κ3) is 3.52. The Labute approximate surface area is 133 Å². The molecule has 114 valence electrons. The van der Waals surface area contributed by atoms with Crippen molar-refractivity contribution in [2.45, 2.75) is 38.4 Å². The average molecular weight is 327 g/mol. The van der Waals surface area contributed by atoms with Crippen LogP contribution in [0.25, 0.3) is 11.0 Å². The van der Waals surface area contributed by atoms with E-state index < -0.39 is 5.97 Å². The van der Waals surface area contributed by atoms with Gasteiger partial charge in [0.05, 0.1) is 16.8 Å². The zero-order valence-electron chi connectivity index (χ0n) is 12.3. The minimum Gasteiger partial charge on any atom is -0.481 e. The number of carbonyl (C=O) groups is 1. The van der Waals surface area contributed by atoms with Gasteiger partial charge in [-0.15, -0.1) is 0 Å². The number of aliphatic carboxylic acids is 1. The minimum absolute atomic E-state index is 0.00554. The van der Waals surface area contributed by atoms with Gasteiger partial charge in [0.25, 0.3) is 0 Å². The molecule has 6 heteroatoms. The average Bonchev–Trinajstić information content (AvgIpc) is 2.74. The van der Waals surface area contributed by atoms with Crippen LogP contribution in [0.3, 0.4) is 0 Å². The molecular formula is C15H19ClN2O2S. The molecule has 2 rings (SSSR count). The van der Waals surface area contributed by atoms with Crippen LogP contribution in [0.15, 0.2) is 23.4 Å². The largest absolute Gasteiger partial charge is 0.481 e. The number of hydrogen-bond acceptors (Lipinski definition) is 3. The molecule has 1 aromatic carbocycles. The van der Waals surface area contributed by atoms with Crippen LogP contribution >= 0.6 is 23.4 Å². The van der Waals surface area contributed by atoms with Crippen LogP contribution in [0.5, 0.6) is 0 Å². The second-order valence-electron chi connectivity index (χ2n) is 5.30. The first-order chi connectivity index (χ1) is 9.93. The van der Waals surface area contributed by atoms with Crippen molar-refractivity contribution in [1.82, 2.24) is 9.55 Å². The lowest BCUT2D eigenvalue weighted by molar-refractivity contribution is -0.133. The molecule has 0 spiro atoms. The maximum atomic E-state index is 10.8. The highest BCUT2D eigenvalue weighted by Gasteiger charge is 2.21. The maximum Gasteiger partial charge on any atom is 0.313 e. The number of benzene rings is 1. The van der Waals surface area contributed by atoms with Gasteiger partial charge in [0.2, 0.25) is 0 Å². The Morgan fingerprint density at radius 1 is 1.48 bits per heavy atom. The molecule has 1 atom stereocenters. The van der Waals surface area contributed by atoms with Gasteiger partial charge in [-0.05, 0) is 30.5 Å². The quantitative estimate of drug-likeness (QED) is 0.795. The highest BCUT2D eigenvalue weighted by molar-refractivity contribution is 7.99. The van der Waals surface area contributed by atoms with Crippen molar-refractivity contribution in [2.75, 3.05) is 5.75 Å². The van der Waals surface area contributed by atoms with Crippen molar-refractivity contribution in [3.8, 4) is 0 Å². The Morgan fingerprint density at radius 3 is 2.76 bits per heavy atom. The number of carboxylic acid groups (broad SMARTS) is 1. The topological polar surface area (TPSA) is 55.1 Å². The van der Waals surface area contributed by atoms with Crippen LogP contribution in [-0.2, 0) is 4.79 Å². The lowest BCUT2D eigenvalue weighted by Crippen LogP contribution is -2.15. The summed E-state index contributed by atoms with van der Waals surface area (Å²) < 4.78 is 2.16. The third-order valence-corrected chi connectivity index (χ3v) is 4.64. The summed E-state index contributed by atoms with van der Waals surface area (Å²) in [4.78, 5) is 15.4. The molecule has 2 aromatic rings. The molecule has 1 aromatic heterocycles. The fourth-order valence-electron chi connectivity index (χ4n) is 2.55. The minimum atomic E-state index is -0.839. The van der Waals surface area contributed by atoms with Gasteiger partial charge >= 0.3 is 5.97 Å². The number of imidazole rings is 1. The van der Waals surface area contributed by atoms with Crippen molar-refractivity contribution in [3.63, 3.8) is 0 Å². The molecule has 4 nitrogen and oxygen atoms in total. The standard InChI is InChI=1S/C15H19ClN2O2S/c1-4-12(9(2)3)18-13-6-5-10(16)7-11(13)17-15(18)21-8-14(19)20/h5-7,9,12H,4,8H2,1-3H3,(H,19,20). The summed E-state index contributed by atoms with van der Waals surface area (Å²) in [7, 11) is 0. The molecule has 21 heavy (non-hydrogen) atoms. The van der Waals surface area contributed by atoms with Gasteiger partial charge in [0.15, 0.2) is 5.16 Å². The van der Waals surface area contributed by atoms with Crippen LogP contribution in [0.2, 0.25) is 5.02 Å². The molecule has 0 bridgehead atoms. The van der Waals surface area contributed by atoms with Crippen LogP contribution in [-0.4, -0.2) is 26.4 Å². The Hall–Kier alpha value is -1.20. The molecule has 0 saturated heterocycles. The zero-order chi connectivity index (χ0) is 15.6. The molecule has 0 aliphatic heterocycles. The van der Waals surface area contributed by atoms with Crippen LogP contribution in [0.1, 0.15) is 33.2 Å². The van der Waals surface area contributed by atoms with E-state index in [0.717, 1.165) is 22.6 Å². The van der Waals surface area contributed by atoms with E-state index in [4.69, 9.17) is 16.7 Å². The smallest absolute Gasteiger partial charge is 0.313 e. The summed E-state index contributed by atoms with van der Waals surface area (Å²) in [5.41, 5.74) is 1.82. The van der Waals surface area contributed by atoms with Crippen LogP contribution < -0.4 is 0 Å². The Balaban J connectivity index is 2.56. The first kappa shape index (κ1) is 16.2. The van der Waals surface area contributed by atoms with Gasteiger partial charge in [-0.25, -0.2) is 4.98 Å². The SMILES string of the molecule is CCC(C(C)C)n1c(SCC(=O)O)nc2cc(Cl)ccc21. The van der Waals surface area contributed by atoms with E-state index in [2.05, 4.69) is 30.3 Å². The highest BCUT2D eigenvalue weighted by atomic mass is 35.5. The first-order valence-electron chi connectivity index (χ1n) is 6.96. The van der Waals surface area contributed by atoms with Gasteiger partial charge in [0, 0.05) is 11.1 Å². The molecule has 0 aliphatic carbocycles. The molecule has 1 heterocycles. The molecule has 0 saturated carbocycles. The van der Waals surface area contributed by atoms with Crippen molar-refractivity contribution in [2.24, 2.45) is 5.92 Å². The lowest BCUT2D eigenvalue weighted by Gasteiger charge is -2.23. The summed E-state index contributed by atoms with van der Waals surface area (Å²) in [5, 5.41) is 10.3. The Kier molecular flexibility index (Phi) is 5.17. The van der Waals surface area contributed by atoms with Crippen LogP contribution in [0, 0.1) is 5.92 Å². The Bertz CT molecular complexity index is 654. The highest BCUT2D eigenvalue weighted by Crippen LogP contribution is 2.33. The van der Waals surface area contributed by atoms with E-state index >= 15 is 0 Å². The number of nitrogens with zero attached hydrogens (tertiary/aromatic N) is 2. The third-order valence-electron chi connectivity index (χ3n) is 3.46. The lowest BCUT2D eigenvalue weighted by atomic mass is 10.0. The second-order valence-corrected chi connectivity index (χ2v) is 6.68. The molecule has 0 fully saturated rings. The van der Waals surface area contributed by atoms with E-state index in [-0.39, 0.29) is 11.8 Å². The van der Waals surface area contributed by atoms with Crippen LogP contribution in [0.4, 0.5) is 0 Å². The predicted octanol–water partition coefficient (Wildman–Crippen LogP) is 4.47. The molecule has 1 unspecified atom stereocenters. The number of aromatic nitrogens is 2. The monoisotopic (exact) mass is 326 g/mol. The second kappa shape index (κ2) is 6.71. The van der Waals surface area contributed by atoms with E-state index in [1.165, 1.54) is 11.8 Å². The molecule has 1 N–H and O–H groups in total. The van der Waals surface area contributed by atoms with E-state index in [9.17, 15) is 4.79 Å². The normalized spacial score (nSPS) is 13.0. The molecular weight excluding hydrogens is 308 g/mol. The number of rotatable bonds is 6. The van der Waals surface area contributed by atoms with E-state index in [1.807, 2.05) is 18.2 Å². The van der Waals surface area contributed by atoms with Gasteiger partial charge in [-0.2, -0.15) is 0 Å². The first-order valence-corrected chi connectivity index (χ1v) is 8.32. The number of fused-ring (bicyclic) bond motifs is 1. The summed E-state index contributed by atoms with van der Waals surface area (Å²) in [5.74, 6) is -0.396. The van der Waals surface area contributed by atoms with Gasteiger partial charge in [-0.1, -0.05) is 44.1 Å². The molecule has 0 radical (unpaired) electrons. The van der Waals surface area contributed by atoms with Gasteiger partial charge < -0.3 is 9.67 Å². The molecule has 0 amide bonds. The fourth-order valence-corrected chi connectivity index (χ4v) is 3.51. The summed E-state index contributed by atoms with van der Waals surface area (Å²) in [6.45, 7) is 6.47. The van der Waals surface area contributed by atoms with Crippen molar-refractivity contribution >= 4 is 40.4 Å². The van der Waals surface area contributed by atoms with Gasteiger partial charge in [-0.3, -0.25) is 4.79 Å². The summed E-state index contributed by atoms with van der Waals surface area (Å²) in [6, 6.07) is 5.92. The Morgan fingerprint density at radius 2 is 2.19 bits per heavy atom. The molecule has 0 aliphatic rings. The summed E-state index contributed by atoms with van der Waals surface area (Å²) >= 11 is 7.29. The predicted molar refractivity (Wildman–Crippen MR) is 87.3 cm³/mol. The zero-order valence-corrected chi connectivity index (χ0v) is 13.9. The number of carboxylic acids is 1. The van der Waals surface area contributed by atoms with Gasteiger partial charge in [0.1, 0.15) is 0 Å². The number of halogens is 1. The fraction of sp³-hybridized carbons (Fsp3) is 0.467. The van der Waals surface area contributed by atoms with E-state index in [1.54, 1.807) is 0 Å². The number of thioether (sulfide) groups is 1. The maximum absolute atomic E-state index is 10.8.